The van der Waals surface area contributed by atoms with Gasteiger partial charge in [0, 0.05) is 12.6 Å². The first-order chi connectivity index (χ1) is 7.33. The van der Waals surface area contributed by atoms with E-state index in [9.17, 15) is 0 Å². The topological polar surface area (TPSA) is 29.3 Å². The smallest absolute Gasteiger partial charge is 0.0246 e. The molecule has 1 saturated heterocycles. The average Bonchev–Trinajstić information content (AvgIpc) is 2.29. The van der Waals surface area contributed by atoms with Crippen molar-refractivity contribution in [3.8, 4) is 0 Å². The van der Waals surface area contributed by atoms with Gasteiger partial charge in [-0.05, 0) is 38.3 Å². The minimum atomic E-state index is 0.667. The fourth-order valence-electron chi connectivity index (χ4n) is 2.87. The van der Waals surface area contributed by atoms with Gasteiger partial charge >= 0.3 is 0 Å². The Hall–Kier alpha value is -0.0800. The first-order valence-corrected chi connectivity index (χ1v) is 6.77. The van der Waals surface area contributed by atoms with Gasteiger partial charge in [0.25, 0.3) is 0 Å². The molecule has 1 rings (SSSR count). The molecule has 0 bridgehead atoms. The lowest BCUT2D eigenvalue weighted by Crippen LogP contribution is -2.49. The Morgan fingerprint density at radius 3 is 2.67 bits per heavy atom. The van der Waals surface area contributed by atoms with Crippen LogP contribution in [-0.2, 0) is 0 Å². The van der Waals surface area contributed by atoms with Gasteiger partial charge in [0.1, 0.15) is 0 Å². The predicted octanol–water partition coefficient (Wildman–Crippen LogP) is 2.63. The van der Waals surface area contributed by atoms with E-state index >= 15 is 0 Å². The summed E-state index contributed by atoms with van der Waals surface area (Å²) in [5, 5.41) is 0. The first kappa shape index (κ1) is 13.0. The molecule has 0 radical (unpaired) electrons. The lowest BCUT2D eigenvalue weighted by molar-refractivity contribution is 0.0935. The summed E-state index contributed by atoms with van der Waals surface area (Å²) < 4.78 is 0. The molecule has 0 aromatic heterocycles. The Labute approximate surface area is 95.2 Å². The van der Waals surface area contributed by atoms with Gasteiger partial charge in [0.05, 0.1) is 0 Å². The maximum Gasteiger partial charge on any atom is 0.0246 e. The highest BCUT2D eigenvalue weighted by atomic mass is 15.2. The summed E-state index contributed by atoms with van der Waals surface area (Å²) in [6.45, 7) is 7.98. The lowest BCUT2D eigenvalue weighted by Gasteiger charge is -2.40. The third-order valence-corrected chi connectivity index (χ3v) is 3.85. The Morgan fingerprint density at radius 1 is 1.27 bits per heavy atom. The van der Waals surface area contributed by atoms with Crippen molar-refractivity contribution < 1.29 is 0 Å². The second-order valence-electron chi connectivity index (χ2n) is 4.86. The zero-order valence-corrected chi connectivity index (χ0v) is 10.5. The lowest BCUT2D eigenvalue weighted by atomic mass is 9.87. The van der Waals surface area contributed by atoms with Crippen LogP contribution in [0.4, 0.5) is 0 Å². The van der Waals surface area contributed by atoms with Crippen LogP contribution in [0.25, 0.3) is 0 Å². The molecule has 90 valence electrons. The van der Waals surface area contributed by atoms with Crippen molar-refractivity contribution in [3.63, 3.8) is 0 Å². The Kier molecular flexibility index (Phi) is 6.26. The van der Waals surface area contributed by atoms with Crippen LogP contribution < -0.4 is 5.73 Å². The summed E-state index contributed by atoms with van der Waals surface area (Å²) in [4.78, 5) is 2.65. The van der Waals surface area contributed by atoms with Crippen LogP contribution in [0.3, 0.4) is 0 Å². The van der Waals surface area contributed by atoms with Crippen LogP contribution in [0.15, 0.2) is 0 Å². The summed E-state index contributed by atoms with van der Waals surface area (Å²) >= 11 is 0. The fraction of sp³-hybridized carbons (Fsp3) is 1.00. The molecule has 0 spiro atoms. The van der Waals surface area contributed by atoms with Crippen molar-refractivity contribution in [3.05, 3.63) is 0 Å². The first-order valence-electron chi connectivity index (χ1n) is 6.77. The molecule has 2 atom stereocenters. The SMILES string of the molecule is CCCCCN1CCCC(CC)C1CN. The zero-order chi connectivity index (χ0) is 11.1. The van der Waals surface area contributed by atoms with Crippen molar-refractivity contribution in [1.82, 2.24) is 4.90 Å². The van der Waals surface area contributed by atoms with Crippen LogP contribution in [0.2, 0.25) is 0 Å². The molecule has 2 unspecified atom stereocenters. The van der Waals surface area contributed by atoms with Gasteiger partial charge in [-0.1, -0.05) is 33.1 Å². The quantitative estimate of drug-likeness (QED) is 0.686. The van der Waals surface area contributed by atoms with Crippen LogP contribution in [0.5, 0.6) is 0 Å². The van der Waals surface area contributed by atoms with Crippen molar-refractivity contribution in [2.45, 2.75) is 58.4 Å². The number of hydrogen-bond donors (Lipinski definition) is 1. The zero-order valence-electron chi connectivity index (χ0n) is 10.5. The molecular weight excluding hydrogens is 184 g/mol. The van der Waals surface area contributed by atoms with Gasteiger partial charge < -0.3 is 5.73 Å². The molecule has 0 amide bonds. The molecule has 2 N–H and O–H groups in total. The van der Waals surface area contributed by atoms with Crippen molar-refractivity contribution in [2.24, 2.45) is 11.7 Å². The standard InChI is InChI=1S/C13H28N2/c1-3-5-6-9-15-10-7-8-12(4-2)13(15)11-14/h12-13H,3-11,14H2,1-2H3. The predicted molar refractivity (Wildman–Crippen MR) is 67.0 cm³/mol. The number of hydrogen-bond acceptors (Lipinski definition) is 2. The summed E-state index contributed by atoms with van der Waals surface area (Å²) in [6, 6.07) is 0.667. The Morgan fingerprint density at radius 2 is 2.07 bits per heavy atom. The van der Waals surface area contributed by atoms with Crippen molar-refractivity contribution >= 4 is 0 Å². The molecule has 0 saturated carbocycles. The summed E-state index contributed by atoms with van der Waals surface area (Å²) in [7, 11) is 0. The normalized spacial score (nSPS) is 28.2. The van der Waals surface area contributed by atoms with E-state index in [0.717, 1.165) is 12.5 Å². The van der Waals surface area contributed by atoms with E-state index in [1.54, 1.807) is 0 Å². The molecule has 1 aliphatic heterocycles. The van der Waals surface area contributed by atoms with Crippen molar-refractivity contribution in [2.75, 3.05) is 19.6 Å². The second kappa shape index (κ2) is 7.24. The van der Waals surface area contributed by atoms with E-state index in [0.29, 0.717) is 6.04 Å². The van der Waals surface area contributed by atoms with Gasteiger partial charge in [0.2, 0.25) is 0 Å². The van der Waals surface area contributed by atoms with Crippen molar-refractivity contribution in [1.29, 1.82) is 0 Å². The molecular formula is C13H28N2. The number of nitrogens with zero attached hydrogens (tertiary/aromatic N) is 1. The monoisotopic (exact) mass is 212 g/mol. The molecule has 1 heterocycles. The van der Waals surface area contributed by atoms with E-state index in [-0.39, 0.29) is 0 Å². The third-order valence-electron chi connectivity index (χ3n) is 3.85. The van der Waals surface area contributed by atoms with E-state index in [1.165, 1.54) is 51.6 Å². The maximum atomic E-state index is 5.92. The van der Waals surface area contributed by atoms with Crippen LogP contribution in [0, 0.1) is 5.92 Å². The van der Waals surface area contributed by atoms with Gasteiger partial charge in [-0.15, -0.1) is 0 Å². The summed E-state index contributed by atoms with van der Waals surface area (Å²) in [5.41, 5.74) is 5.92. The van der Waals surface area contributed by atoms with E-state index < -0.39 is 0 Å². The highest BCUT2D eigenvalue weighted by molar-refractivity contribution is 4.84. The summed E-state index contributed by atoms with van der Waals surface area (Å²) in [6.07, 6.45) is 8.10. The molecule has 0 aromatic rings. The van der Waals surface area contributed by atoms with E-state index in [2.05, 4.69) is 18.7 Å². The number of unbranched alkanes of at least 4 members (excludes halogenated alkanes) is 2. The van der Waals surface area contributed by atoms with Gasteiger partial charge in [-0.3, -0.25) is 4.90 Å². The molecule has 1 fully saturated rings. The van der Waals surface area contributed by atoms with Gasteiger partial charge in [0.15, 0.2) is 0 Å². The number of likely N-dealkylation sites (tertiary alicyclic amines) is 1. The Balaban J connectivity index is 2.38. The number of nitrogens with two attached hydrogens (primary N) is 1. The maximum absolute atomic E-state index is 5.92. The largest absolute Gasteiger partial charge is 0.329 e. The molecule has 2 heteroatoms. The summed E-state index contributed by atoms with van der Waals surface area (Å²) in [5.74, 6) is 0.852. The second-order valence-corrected chi connectivity index (χ2v) is 4.86. The molecule has 0 aromatic carbocycles. The van der Waals surface area contributed by atoms with Crippen LogP contribution in [-0.4, -0.2) is 30.6 Å². The molecule has 1 aliphatic rings. The highest BCUT2D eigenvalue weighted by Crippen LogP contribution is 2.25. The average molecular weight is 212 g/mol. The van der Waals surface area contributed by atoms with E-state index in [1.807, 2.05) is 0 Å². The third kappa shape index (κ3) is 3.76. The minimum absolute atomic E-state index is 0.667. The van der Waals surface area contributed by atoms with Gasteiger partial charge in [-0.2, -0.15) is 0 Å². The fourth-order valence-corrected chi connectivity index (χ4v) is 2.87. The van der Waals surface area contributed by atoms with Crippen LogP contribution >= 0.6 is 0 Å². The minimum Gasteiger partial charge on any atom is -0.329 e. The van der Waals surface area contributed by atoms with Gasteiger partial charge in [-0.25, -0.2) is 0 Å². The van der Waals surface area contributed by atoms with E-state index in [4.69, 9.17) is 5.73 Å². The molecule has 2 nitrogen and oxygen atoms in total. The van der Waals surface area contributed by atoms with Crippen LogP contribution in [0.1, 0.15) is 52.4 Å². The number of rotatable bonds is 6. The molecule has 15 heavy (non-hydrogen) atoms. The molecule has 0 aliphatic carbocycles. The Bertz CT molecular complexity index is 159. The number of piperidine rings is 1. The highest BCUT2D eigenvalue weighted by Gasteiger charge is 2.28.